The average molecular weight is 439 g/mol. The highest BCUT2D eigenvalue weighted by Crippen LogP contribution is 2.33. The van der Waals surface area contributed by atoms with E-state index in [1.807, 2.05) is 6.07 Å². The summed E-state index contributed by atoms with van der Waals surface area (Å²) in [6.45, 7) is 1.70. The molecule has 1 heterocycles. The summed E-state index contributed by atoms with van der Waals surface area (Å²) in [5.41, 5.74) is -0.0207. The molecule has 156 valence electrons. The van der Waals surface area contributed by atoms with Crippen LogP contribution in [0.15, 0.2) is 42.5 Å². The predicted octanol–water partition coefficient (Wildman–Crippen LogP) is 5.41. The molecule has 3 rings (SSSR count). The molecule has 3 aromatic rings. The van der Waals surface area contributed by atoms with Crippen molar-refractivity contribution in [3.05, 3.63) is 75.8 Å². The first-order valence-electron chi connectivity index (χ1n) is 8.65. The number of hydrogen-bond acceptors (Lipinski definition) is 4. The number of hydrogen-bond donors (Lipinski definition) is 1. The Morgan fingerprint density at radius 1 is 1.23 bits per heavy atom. The van der Waals surface area contributed by atoms with Gasteiger partial charge in [-0.05, 0) is 48.9 Å². The van der Waals surface area contributed by atoms with Gasteiger partial charge in [-0.25, -0.2) is 9.07 Å². The number of rotatable bonds is 6. The molecule has 0 aliphatic carbocycles. The van der Waals surface area contributed by atoms with Crippen molar-refractivity contribution in [2.45, 2.75) is 26.3 Å². The van der Waals surface area contributed by atoms with Gasteiger partial charge in [-0.1, -0.05) is 17.7 Å². The Balaban J connectivity index is 1.69. The number of nitriles is 1. The molecule has 0 aliphatic rings. The van der Waals surface area contributed by atoms with Gasteiger partial charge in [0.1, 0.15) is 17.3 Å². The fourth-order valence-corrected chi connectivity index (χ4v) is 3.00. The lowest BCUT2D eigenvalue weighted by Gasteiger charge is -2.11. The van der Waals surface area contributed by atoms with Crippen LogP contribution in [0.1, 0.15) is 22.4 Å². The van der Waals surface area contributed by atoms with E-state index >= 15 is 0 Å². The highest BCUT2D eigenvalue weighted by molar-refractivity contribution is 6.31. The third kappa shape index (κ3) is 5.09. The summed E-state index contributed by atoms with van der Waals surface area (Å²) < 4.78 is 59.0. The number of nitrogens with one attached hydrogen (secondary N) is 1. The number of nitrogens with zero attached hydrogens (tertiary/aromatic N) is 3. The van der Waals surface area contributed by atoms with Crippen molar-refractivity contribution in [1.29, 1.82) is 5.26 Å². The van der Waals surface area contributed by atoms with E-state index in [0.717, 1.165) is 12.1 Å². The van der Waals surface area contributed by atoms with Crippen molar-refractivity contribution < 1.29 is 22.3 Å². The smallest absolute Gasteiger partial charge is 0.416 e. The molecule has 30 heavy (non-hydrogen) atoms. The summed E-state index contributed by atoms with van der Waals surface area (Å²) in [7, 11) is 0. The number of halogens is 5. The van der Waals surface area contributed by atoms with Gasteiger partial charge in [0.05, 0.1) is 23.9 Å². The Morgan fingerprint density at radius 2 is 2.00 bits per heavy atom. The highest BCUT2D eigenvalue weighted by atomic mass is 35.5. The van der Waals surface area contributed by atoms with E-state index in [-0.39, 0.29) is 23.9 Å². The van der Waals surface area contributed by atoms with Gasteiger partial charge in [0, 0.05) is 6.54 Å². The van der Waals surface area contributed by atoms with Crippen molar-refractivity contribution >= 4 is 11.6 Å². The van der Waals surface area contributed by atoms with E-state index in [2.05, 4.69) is 10.4 Å². The number of aromatic nitrogens is 2. The van der Waals surface area contributed by atoms with Crippen LogP contribution in [-0.4, -0.2) is 9.78 Å². The van der Waals surface area contributed by atoms with Gasteiger partial charge >= 0.3 is 6.18 Å². The maximum atomic E-state index is 13.5. The van der Waals surface area contributed by atoms with Crippen LogP contribution < -0.4 is 10.1 Å². The zero-order valence-corrected chi connectivity index (χ0v) is 16.4. The Labute approximate surface area is 174 Å². The van der Waals surface area contributed by atoms with Crippen LogP contribution in [0, 0.1) is 24.1 Å². The van der Waals surface area contributed by atoms with Crippen LogP contribution in [0.25, 0.3) is 0 Å². The molecular formula is C20H15ClF4N4O. The van der Waals surface area contributed by atoms with Crippen LogP contribution in [0.3, 0.4) is 0 Å². The minimum Gasteiger partial charge on any atom is -0.452 e. The second kappa shape index (κ2) is 8.73. The van der Waals surface area contributed by atoms with Crippen LogP contribution in [0.2, 0.25) is 5.15 Å². The first-order valence-corrected chi connectivity index (χ1v) is 9.03. The molecule has 0 radical (unpaired) electrons. The second-order valence-electron chi connectivity index (χ2n) is 6.38. The first-order chi connectivity index (χ1) is 14.2. The zero-order valence-electron chi connectivity index (χ0n) is 15.6. The molecular weight excluding hydrogens is 424 g/mol. The van der Waals surface area contributed by atoms with Gasteiger partial charge in [0.25, 0.3) is 0 Å². The molecule has 0 bridgehead atoms. The molecule has 10 heteroatoms. The highest BCUT2D eigenvalue weighted by Gasteiger charge is 2.31. The van der Waals surface area contributed by atoms with Gasteiger partial charge < -0.3 is 4.74 Å². The minimum atomic E-state index is -4.63. The first kappa shape index (κ1) is 21.6. The average Bonchev–Trinajstić information content (AvgIpc) is 2.95. The summed E-state index contributed by atoms with van der Waals surface area (Å²) in [4.78, 5) is 0. The summed E-state index contributed by atoms with van der Waals surface area (Å²) in [5.74, 6) is -0.269. The number of aryl methyl sites for hydroxylation is 1. The van der Waals surface area contributed by atoms with Gasteiger partial charge in [0.2, 0.25) is 0 Å². The van der Waals surface area contributed by atoms with Crippen molar-refractivity contribution in [3.63, 3.8) is 0 Å². The number of ether oxygens (including phenoxy) is 1. The van der Waals surface area contributed by atoms with E-state index in [4.69, 9.17) is 21.6 Å². The number of benzene rings is 2. The minimum absolute atomic E-state index is 0.0313. The van der Waals surface area contributed by atoms with Crippen LogP contribution >= 0.6 is 11.6 Å². The van der Waals surface area contributed by atoms with E-state index in [1.54, 1.807) is 31.2 Å². The van der Waals surface area contributed by atoms with Crippen molar-refractivity contribution in [1.82, 2.24) is 15.1 Å². The molecule has 0 spiro atoms. The van der Waals surface area contributed by atoms with E-state index < -0.39 is 17.6 Å². The third-order valence-corrected chi connectivity index (χ3v) is 4.44. The molecule has 0 saturated carbocycles. The van der Waals surface area contributed by atoms with Crippen LogP contribution in [-0.2, 0) is 19.4 Å². The molecule has 0 amide bonds. The molecule has 0 atom stereocenters. The van der Waals surface area contributed by atoms with Crippen LogP contribution in [0.4, 0.5) is 17.6 Å². The Morgan fingerprint density at radius 3 is 2.70 bits per heavy atom. The zero-order chi connectivity index (χ0) is 21.9. The lowest BCUT2D eigenvalue weighted by atomic mass is 10.1. The fourth-order valence-electron chi connectivity index (χ4n) is 2.73. The molecule has 1 aromatic heterocycles. The molecule has 1 N–H and O–H groups in total. The van der Waals surface area contributed by atoms with E-state index in [1.165, 1.54) is 4.68 Å². The lowest BCUT2D eigenvalue weighted by molar-refractivity contribution is -0.137. The standard InChI is InChI=1S/C20H15ClF4N4O/c1-12-18(30-17-4-2-3-13(7-17)9-26)19(21)29(28-12)11-27-10-14-5-15(20(23,24)25)8-16(22)6-14/h2-8,27H,10-11H2,1H3. The maximum Gasteiger partial charge on any atom is 0.416 e. The normalized spacial score (nSPS) is 11.4. The Kier molecular flexibility index (Phi) is 6.29. The molecule has 2 aromatic carbocycles. The Bertz CT molecular complexity index is 1110. The Hall–Kier alpha value is -3.09. The van der Waals surface area contributed by atoms with E-state index in [9.17, 15) is 17.6 Å². The van der Waals surface area contributed by atoms with Crippen molar-refractivity contribution in [2.24, 2.45) is 0 Å². The van der Waals surface area contributed by atoms with Crippen LogP contribution in [0.5, 0.6) is 11.5 Å². The molecule has 0 unspecified atom stereocenters. The monoisotopic (exact) mass is 438 g/mol. The molecule has 0 aliphatic heterocycles. The van der Waals surface area contributed by atoms with Gasteiger partial charge in [0.15, 0.2) is 10.9 Å². The lowest BCUT2D eigenvalue weighted by Crippen LogP contribution is -2.19. The summed E-state index contributed by atoms with van der Waals surface area (Å²) in [6, 6.07) is 10.9. The molecule has 5 nitrogen and oxygen atoms in total. The third-order valence-electron chi connectivity index (χ3n) is 4.07. The maximum absolute atomic E-state index is 13.5. The van der Waals surface area contributed by atoms with Crippen molar-refractivity contribution in [2.75, 3.05) is 0 Å². The van der Waals surface area contributed by atoms with Crippen molar-refractivity contribution in [3.8, 4) is 17.6 Å². The SMILES string of the molecule is Cc1nn(CNCc2cc(F)cc(C(F)(F)F)c2)c(Cl)c1Oc1cccc(C#N)c1. The van der Waals surface area contributed by atoms with Gasteiger partial charge in [-0.2, -0.15) is 23.5 Å². The topological polar surface area (TPSA) is 62.9 Å². The van der Waals surface area contributed by atoms with E-state index in [0.29, 0.717) is 28.8 Å². The number of alkyl halides is 3. The molecule has 0 saturated heterocycles. The van der Waals surface area contributed by atoms with Gasteiger partial charge in [-0.15, -0.1) is 0 Å². The summed E-state index contributed by atoms with van der Waals surface area (Å²) in [6.07, 6.45) is -4.63. The van der Waals surface area contributed by atoms with Gasteiger partial charge in [-0.3, -0.25) is 5.32 Å². The quantitative estimate of drug-likeness (QED) is 0.522. The summed E-state index contributed by atoms with van der Waals surface area (Å²) >= 11 is 6.31. The largest absolute Gasteiger partial charge is 0.452 e. The fraction of sp³-hybridized carbons (Fsp3) is 0.200. The second-order valence-corrected chi connectivity index (χ2v) is 6.74. The summed E-state index contributed by atoms with van der Waals surface area (Å²) in [5, 5.41) is 16.2. The molecule has 0 fully saturated rings. The predicted molar refractivity (Wildman–Crippen MR) is 101 cm³/mol.